The van der Waals surface area contributed by atoms with Gasteiger partial charge in [0.05, 0.1) is 6.54 Å². The molecule has 174 valence electrons. The number of carboxylic acid groups (broad SMARTS) is 2. The summed E-state index contributed by atoms with van der Waals surface area (Å²) < 4.78 is 0. The fraction of sp³-hybridized carbons (Fsp3) is 0.609. The van der Waals surface area contributed by atoms with Gasteiger partial charge in [-0.2, -0.15) is 0 Å². The Labute approximate surface area is 184 Å². The largest absolute Gasteiger partial charge is 0.465 e. The van der Waals surface area contributed by atoms with E-state index in [1.54, 1.807) is 12.1 Å². The van der Waals surface area contributed by atoms with Crippen molar-refractivity contribution < 1.29 is 24.6 Å². The molecule has 3 amide bonds. The van der Waals surface area contributed by atoms with Gasteiger partial charge in [-0.25, -0.2) is 9.59 Å². The van der Waals surface area contributed by atoms with E-state index in [1.165, 1.54) is 63.4 Å². The highest BCUT2D eigenvalue weighted by Gasteiger charge is 2.21. The van der Waals surface area contributed by atoms with Crippen molar-refractivity contribution in [1.29, 1.82) is 0 Å². The fourth-order valence-corrected chi connectivity index (χ4v) is 3.35. The molecule has 1 rings (SSSR count). The molecule has 1 unspecified atom stereocenters. The van der Waals surface area contributed by atoms with E-state index < -0.39 is 24.1 Å². The van der Waals surface area contributed by atoms with E-state index in [0.717, 1.165) is 12.8 Å². The van der Waals surface area contributed by atoms with Gasteiger partial charge in [0.15, 0.2) is 0 Å². The molecular formula is C23H37N3O5. The van der Waals surface area contributed by atoms with Crippen LogP contribution in [0.5, 0.6) is 0 Å². The van der Waals surface area contributed by atoms with Crippen molar-refractivity contribution in [3.05, 3.63) is 29.8 Å². The number of anilines is 1. The summed E-state index contributed by atoms with van der Waals surface area (Å²) in [6, 6.07) is 6.20. The average molecular weight is 436 g/mol. The molecule has 0 aliphatic rings. The maximum absolute atomic E-state index is 12.2. The maximum Gasteiger partial charge on any atom is 0.405 e. The molecule has 0 saturated carbocycles. The molecule has 0 heterocycles. The summed E-state index contributed by atoms with van der Waals surface area (Å²) in [6.07, 6.45) is 11.2. The third kappa shape index (κ3) is 13.2. The molecule has 1 aromatic rings. The Morgan fingerprint density at radius 1 is 0.806 bits per heavy atom. The number of nitrogens with one attached hydrogen (secondary N) is 3. The van der Waals surface area contributed by atoms with Crippen molar-refractivity contribution in [1.82, 2.24) is 10.6 Å². The molecule has 0 aliphatic carbocycles. The monoisotopic (exact) mass is 435 g/mol. The minimum atomic E-state index is -1.40. The number of carbonyl (C=O) groups is 3. The smallest absolute Gasteiger partial charge is 0.405 e. The van der Waals surface area contributed by atoms with Crippen LogP contribution in [0.1, 0.15) is 76.7 Å². The fourth-order valence-electron chi connectivity index (χ4n) is 3.35. The van der Waals surface area contributed by atoms with Crippen molar-refractivity contribution >= 4 is 23.8 Å². The van der Waals surface area contributed by atoms with Gasteiger partial charge in [-0.05, 0) is 30.5 Å². The van der Waals surface area contributed by atoms with Crippen LogP contribution >= 0.6 is 0 Å². The Kier molecular flexibility index (Phi) is 13.5. The van der Waals surface area contributed by atoms with Crippen LogP contribution in [0.15, 0.2) is 24.3 Å². The Morgan fingerprint density at radius 2 is 1.35 bits per heavy atom. The first-order valence-electron chi connectivity index (χ1n) is 11.3. The van der Waals surface area contributed by atoms with Crippen LogP contribution in [0.4, 0.5) is 15.3 Å². The van der Waals surface area contributed by atoms with E-state index in [9.17, 15) is 14.4 Å². The first kappa shape index (κ1) is 26.3. The second-order valence-corrected chi connectivity index (χ2v) is 7.81. The molecule has 0 saturated heterocycles. The summed E-state index contributed by atoms with van der Waals surface area (Å²) in [5.74, 6) is -0.626. The maximum atomic E-state index is 12.2. The van der Waals surface area contributed by atoms with Crippen LogP contribution in [-0.2, 0) is 11.2 Å². The molecule has 31 heavy (non-hydrogen) atoms. The van der Waals surface area contributed by atoms with E-state index in [4.69, 9.17) is 10.2 Å². The van der Waals surface area contributed by atoms with Gasteiger partial charge in [-0.15, -0.1) is 0 Å². The summed E-state index contributed by atoms with van der Waals surface area (Å²) in [4.78, 5) is 33.7. The van der Waals surface area contributed by atoms with Gasteiger partial charge in [-0.1, -0.05) is 76.8 Å². The predicted octanol–water partition coefficient (Wildman–Crippen LogP) is 4.99. The predicted molar refractivity (Wildman–Crippen MR) is 122 cm³/mol. The van der Waals surface area contributed by atoms with Crippen LogP contribution < -0.4 is 16.0 Å². The van der Waals surface area contributed by atoms with E-state index in [1.807, 2.05) is 22.8 Å². The van der Waals surface area contributed by atoms with Crippen LogP contribution in [-0.4, -0.2) is 40.9 Å². The van der Waals surface area contributed by atoms with Gasteiger partial charge in [0.2, 0.25) is 5.91 Å². The molecular weight excluding hydrogens is 398 g/mol. The SMILES string of the molecule is CCCCCCCCCCCCc1ccc(NC(=O)C(CNC(=O)O)NC(=O)O)cc1. The number of hydrogen-bond acceptors (Lipinski definition) is 3. The number of aryl methyl sites for hydroxylation is 1. The van der Waals surface area contributed by atoms with Crippen molar-refractivity contribution in [3.8, 4) is 0 Å². The number of carbonyl (C=O) groups excluding carboxylic acids is 1. The molecule has 0 bridgehead atoms. The van der Waals surface area contributed by atoms with Crippen LogP contribution in [0.3, 0.4) is 0 Å². The summed E-state index contributed by atoms with van der Waals surface area (Å²) in [5, 5.41) is 24.1. The summed E-state index contributed by atoms with van der Waals surface area (Å²) in [5.41, 5.74) is 1.72. The molecule has 0 fully saturated rings. The van der Waals surface area contributed by atoms with E-state index >= 15 is 0 Å². The molecule has 1 aromatic carbocycles. The lowest BCUT2D eigenvalue weighted by molar-refractivity contribution is -0.117. The molecule has 8 nitrogen and oxygen atoms in total. The lowest BCUT2D eigenvalue weighted by Gasteiger charge is -2.16. The third-order valence-corrected chi connectivity index (χ3v) is 5.11. The third-order valence-electron chi connectivity index (χ3n) is 5.11. The summed E-state index contributed by atoms with van der Waals surface area (Å²) >= 11 is 0. The number of amides is 3. The van der Waals surface area contributed by atoms with Gasteiger partial charge in [-0.3, -0.25) is 4.79 Å². The van der Waals surface area contributed by atoms with Gasteiger partial charge < -0.3 is 26.2 Å². The minimum Gasteiger partial charge on any atom is -0.465 e. The van der Waals surface area contributed by atoms with E-state index in [0.29, 0.717) is 5.69 Å². The van der Waals surface area contributed by atoms with Crippen molar-refractivity contribution in [2.75, 3.05) is 11.9 Å². The Hall–Kier alpha value is -2.77. The number of unbranched alkanes of at least 4 members (excludes halogenated alkanes) is 9. The van der Waals surface area contributed by atoms with Crippen LogP contribution in [0.2, 0.25) is 0 Å². The summed E-state index contributed by atoms with van der Waals surface area (Å²) in [7, 11) is 0. The normalized spacial score (nSPS) is 11.5. The highest BCUT2D eigenvalue weighted by molar-refractivity contribution is 5.96. The minimum absolute atomic E-state index is 0.357. The van der Waals surface area contributed by atoms with E-state index in [-0.39, 0.29) is 6.54 Å². The zero-order valence-electron chi connectivity index (χ0n) is 18.5. The number of rotatable bonds is 16. The number of hydrogen-bond donors (Lipinski definition) is 5. The number of benzene rings is 1. The first-order chi connectivity index (χ1) is 14.9. The molecule has 0 aromatic heterocycles. The quantitative estimate of drug-likeness (QED) is 0.234. The Balaban J connectivity index is 2.29. The first-order valence-corrected chi connectivity index (χ1v) is 11.3. The van der Waals surface area contributed by atoms with Crippen molar-refractivity contribution in [2.45, 2.75) is 83.6 Å². The second kappa shape index (κ2) is 16.0. The van der Waals surface area contributed by atoms with E-state index in [2.05, 4.69) is 12.2 Å². The molecule has 5 N–H and O–H groups in total. The highest BCUT2D eigenvalue weighted by Crippen LogP contribution is 2.15. The molecule has 0 aliphatic heterocycles. The lowest BCUT2D eigenvalue weighted by Crippen LogP contribution is -2.50. The van der Waals surface area contributed by atoms with Gasteiger partial charge in [0, 0.05) is 5.69 Å². The standard InChI is InChI=1S/C23H37N3O5/c1-2-3-4-5-6-7-8-9-10-11-12-18-13-15-19(16-14-18)25-21(27)20(26-23(30)31)17-24-22(28)29/h13-16,20,24,26H,2-12,17H2,1H3,(H,25,27)(H,28,29)(H,30,31). The van der Waals surface area contributed by atoms with Crippen LogP contribution in [0.25, 0.3) is 0 Å². The average Bonchev–Trinajstić information content (AvgIpc) is 2.73. The Morgan fingerprint density at radius 3 is 1.87 bits per heavy atom. The second-order valence-electron chi connectivity index (χ2n) is 7.81. The molecule has 8 heteroatoms. The van der Waals surface area contributed by atoms with Crippen molar-refractivity contribution in [2.24, 2.45) is 0 Å². The van der Waals surface area contributed by atoms with Gasteiger partial charge >= 0.3 is 12.2 Å². The van der Waals surface area contributed by atoms with Crippen LogP contribution in [0, 0.1) is 0 Å². The highest BCUT2D eigenvalue weighted by atomic mass is 16.4. The zero-order chi connectivity index (χ0) is 22.9. The van der Waals surface area contributed by atoms with Gasteiger partial charge in [0.25, 0.3) is 0 Å². The van der Waals surface area contributed by atoms with Crippen molar-refractivity contribution in [3.63, 3.8) is 0 Å². The topological polar surface area (TPSA) is 128 Å². The van der Waals surface area contributed by atoms with Gasteiger partial charge in [0.1, 0.15) is 6.04 Å². The molecule has 1 atom stereocenters. The lowest BCUT2D eigenvalue weighted by atomic mass is 10.0. The zero-order valence-corrected chi connectivity index (χ0v) is 18.5. The Bertz CT molecular complexity index is 664. The summed E-state index contributed by atoms with van der Waals surface area (Å²) in [6.45, 7) is 1.88. The molecule has 0 radical (unpaired) electrons. The molecule has 0 spiro atoms.